The molecule has 26 heavy (non-hydrogen) atoms. The first-order valence-electron chi connectivity index (χ1n) is 7.50. The Balaban J connectivity index is 1.65. The molecule has 0 fully saturated rings. The zero-order chi connectivity index (χ0) is 18.5. The van der Waals surface area contributed by atoms with Gasteiger partial charge < -0.3 is 4.40 Å². The van der Waals surface area contributed by atoms with E-state index in [1.165, 1.54) is 16.2 Å². The zero-order valence-corrected chi connectivity index (χ0v) is 14.9. The number of hydrogen-bond acceptors (Lipinski definition) is 4. The predicted molar refractivity (Wildman–Crippen MR) is 92.5 cm³/mol. The largest absolute Gasteiger partial charge is 0.417 e. The molecule has 0 amide bonds. The summed E-state index contributed by atoms with van der Waals surface area (Å²) in [5.74, 6) is 0.440. The van der Waals surface area contributed by atoms with Gasteiger partial charge in [-0.1, -0.05) is 29.4 Å². The number of alkyl halides is 3. The third-order valence-corrected chi connectivity index (χ3v) is 5.01. The van der Waals surface area contributed by atoms with E-state index in [0.29, 0.717) is 10.9 Å². The van der Waals surface area contributed by atoms with E-state index in [1.807, 2.05) is 35.9 Å². The molecule has 0 aromatic carbocycles. The van der Waals surface area contributed by atoms with Gasteiger partial charge in [0.1, 0.15) is 5.65 Å². The van der Waals surface area contributed by atoms with Crippen LogP contribution >= 0.6 is 23.4 Å². The number of pyridine rings is 2. The predicted octanol–water partition coefficient (Wildman–Crippen LogP) is 4.65. The monoisotopic (exact) mass is 397 g/mol. The summed E-state index contributed by atoms with van der Waals surface area (Å²) in [6.07, 6.45) is 0.297. The van der Waals surface area contributed by atoms with Gasteiger partial charge in [0.15, 0.2) is 10.8 Å². The molecule has 0 aliphatic heterocycles. The van der Waals surface area contributed by atoms with Gasteiger partial charge in [0.25, 0.3) is 0 Å². The van der Waals surface area contributed by atoms with Crippen molar-refractivity contribution < 1.29 is 13.2 Å². The molecule has 5 nitrogen and oxygen atoms in total. The average molecular weight is 398 g/mol. The molecule has 0 saturated carbocycles. The minimum Gasteiger partial charge on any atom is -0.307 e. The molecule has 4 aromatic heterocycles. The normalized spacial score (nSPS) is 12.3. The number of imidazole rings is 1. The average Bonchev–Trinajstić information content (AvgIpc) is 3.15. The first-order valence-corrected chi connectivity index (χ1v) is 8.86. The summed E-state index contributed by atoms with van der Waals surface area (Å²) < 4.78 is 42.2. The number of thioether (sulfide) groups is 1. The van der Waals surface area contributed by atoms with Gasteiger partial charge in [-0.05, 0) is 24.6 Å². The molecule has 134 valence electrons. The van der Waals surface area contributed by atoms with Crippen molar-refractivity contribution in [2.45, 2.75) is 24.0 Å². The topological polar surface area (TPSA) is 47.5 Å². The van der Waals surface area contributed by atoms with E-state index in [4.69, 9.17) is 11.6 Å². The first kappa shape index (κ1) is 17.2. The molecule has 10 heteroatoms. The van der Waals surface area contributed by atoms with Gasteiger partial charge in [0, 0.05) is 24.3 Å². The summed E-state index contributed by atoms with van der Waals surface area (Å²) in [6.45, 7) is 1.98. The Bertz CT molecular complexity index is 1120. The van der Waals surface area contributed by atoms with Gasteiger partial charge in [-0.25, -0.2) is 4.98 Å². The summed E-state index contributed by atoms with van der Waals surface area (Å²) in [6, 6.07) is 4.72. The lowest BCUT2D eigenvalue weighted by atomic mass is 10.3. The Morgan fingerprint density at radius 3 is 2.73 bits per heavy atom. The van der Waals surface area contributed by atoms with Crippen molar-refractivity contribution in [2.24, 2.45) is 0 Å². The van der Waals surface area contributed by atoms with Crippen molar-refractivity contribution in [3.63, 3.8) is 0 Å². The van der Waals surface area contributed by atoms with E-state index >= 15 is 0 Å². The number of aromatic nitrogens is 5. The Kier molecular flexibility index (Phi) is 4.07. The SMILES string of the molecule is Cc1ccc2nc(CSc3nnc4c(Cl)cc(C(F)(F)F)cn34)cn2c1. The lowest BCUT2D eigenvalue weighted by Gasteiger charge is -2.08. The molecule has 0 saturated heterocycles. The van der Waals surface area contributed by atoms with Crippen molar-refractivity contribution in [1.82, 2.24) is 24.0 Å². The molecule has 0 spiro atoms. The molecule has 0 atom stereocenters. The van der Waals surface area contributed by atoms with E-state index in [1.54, 1.807) is 0 Å². The Labute approximate surface area is 154 Å². The molecule has 4 rings (SSSR count). The molecule has 0 unspecified atom stereocenters. The van der Waals surface area contributed by atoms with Gasteiger partial charge >= 0.3 is 6.18 Å². The second-order valence-electron chi connectivity index (χ2n) is 5.74. The first-order chi connectivity index (χ1) is 12.3. The quantitative estimate of drug-likeness (QED) is 0.472. The third kappa shape index (κ3) is 3.12. The van der Waals surface area contributed by atoms with Crippen LogP contribution in [-0.2, 0) is 11.9 Å². The second kappa shape index (κ2) is 6.17. The molecule has 0 N–H and O–H groups in total. The second-order valence-corrected chi connectivity index (χ2v) is 7.09. The highest BCUT2D eigenvalue weighted by Gasteiger charge is 2.32. The lowest BCUT2D eigenvalue weighted by molar-refractivity contribution is -0.137. The molecular weight excluding hydrogens is 387 g/mol. The van der Waals surface area contributed by atoms with Crippen LogP contribution in [0.15, 0.2) is 41.9 Å². The maximum absolute atomic E-state index is 13.0. The standard InChI is InChI=1S/C16H11ClF3N5S/c1-9-2-3-13-21-11(7-24(13)5-9)8-26-15-23-22-14-12(17)4-10(6-25(14)15)16(18,19)20/h2-7H,8H2,1H3. The minimum absolute atomic E-state index is 0.0950. The number of fused-ring (bicyclic) bond motifs is 2. The summed E-state index contributed by atoms with van der Waals surface area (Å²) in [7, 11) is 0. The van der Waals surface area contributed by atoms with Crippen LogP contribution in [0.25, 0.3) is 11.3 Å². The van der Waals surface area contributed by atoms with E-state index in [-0.39, 0.29) is 10.7 Å². The smallest absolute Gasteiger partial charge is 0.307 e. The van der Waals surface area contributed by atoms with Gasteiger partial charge in [0.2, 0.25) is 0 Å². The van der Waals surface area contributed by atoms with Crippen molar-refractivity contribution in [3.05, 3.63) is 58.6 Å². The van der Waals surface area contributed by atoms with Crippen molar-refractivity contribution >= 4 is 34.7 Å². The molecule has 0 radical (unpaired) electrons. The van der Waals surface area contributed by atoms with Gasteiger partial charge in [0.05, 0.1) is 16.3 Å². The van der Waals surface area contributed by atoms with Crippen molar-refractivity contribution in [1.29, 1.82) is 0 Å². The molecule has 4 heterocycles. The number of halogens is 4. The summed E-state index contributed by atoms with van der Waals surface area (Å²) in [5.41, 5.74) is 2.04. The fourth-order valence-electron chi connectivity index (χ4n) is 2.55. The van der Waals surface area contributed by atoms with Crippen LogP contribution in [0.1, 0.15) is 16.8 Å². The van der Waals surface area contributed by atoms with E-state index < -0.39 is 11.7 Å². The number of rotatable bonds is 3. The van der Waals surface area contributed by atoms with Gasteiger partial charge in [-0.2, -0.15) is 13.2 Å². The van der Waals surface area contributed by atoms with Crippen LogP contribution in [0.2, 0.25) is 5.02 Å². The van der Waals surface area contributed by atoms with Crippen LogP contribution in [0.5, 0.6) is 0 Å². The van der Waals surface area contributed by atoms with Crippen LogP contribution in [0.4, 0.5) is 13.2 Å². The lowest BCUT2D eigenvalue weighted by Crippen LogP contribution is -2.07. The highest BCUT2D eigenvalue weighted by atomic mass is 35.5. The fourth-order valence-corrected chi connectivity index (χ4v) is 3.59. The molecule has 0 aliphatic carbocycles. The molecule has 4 aromatic rings. The van der Waals surface area contributed by atoms with Gasteiger partial charge in [-0.15, -0.1) is 10.2 Å². The Morgan fingerprint density at radius 1 is 1.15 bits per heavy atom. The highest BCUT2D eigenvalue weighted by Crippen LogP contribution is 2.33. The molecule has 0 bridgehead atoms. The highest BCUT2D eigenvalue weighted by molar-refractivity contribution is 7.98. The van der Waals surface area contributed by atoms with E-state index in [0.717, 1.165) is 29.2 Å². The number of nitrogens with zero attached hydrogens (tertiary/aromatic N) is 5. The molecular formula is C16H11ClF3N5S. The maximum Gasteiger partial charge on any atom is 0.417 e. The van der Waals surface area contributed by atoms with Gasteiger partial charge in [-0.3, -0.25) is 4.40 Å². The van der Waals surface area contributed by atoms with Crippen LogP contribution in [0.3, 0.4) is 0 Å². The maximum atomic E-state index is 13.0. The number of aryl methyl sites for hydroxylation is 1. The van der Waals surface area contributed by atoms with Crippen molar-refractivity contribution in [3.8, 4) is 0 Å². The molecule has 0 aliphatic rings. The van der Waals surface area contributed by atoms with Crippen LogP contribution < -0.4 is 0 Å². The third-order valence-electron chi connectivity index (χ3n) is 3.75. The summed E-state index contributed by atoms with van der Waals surface area (Å²) in [5, 5.41) is 8.05. The Morgan fingerprint density at radius 2 is 1.96 bits per heavy atom. The van der Waals surface area contributed by atoms with Crippen molar-refractivity contribution in [2.75, 3.05) is 0 Å². The summed E-state index contributed by atoms with van der Waals surface area (Å²) in [4.78, 5) is 4.49. The number of hydrogen-bond donors (Lipinski definition) is 0. The fraction of sp³-hybridized carbons (Fsp3) is 0.188. The van der Waals surface area contributed by atoms with Crippen LogP contribution in [0, 0.1) is 6.92 Å². The van der Waals surface area contributed by atoms with Crippen LogP contribution in [-0.4, -0.2) is 24.0 Å². The Hall–Kier alpha value is -2.26. The van der Waals surface area contributed by atoms with E-state index in [2.05, 4.69) is 15.2 Å². The summed E-state index contributed by atoms with van der Waals surface area (Å²) >= 11 is 7.16. The van der Waals surface area contributed by atoms with E-state index in [9.17, 15) is 13.2 Å². The zero-order valence-electron chi connectivity index (χ0n) is 13.3. The minimum atomic E-state index is -4.50.